The summed E-state index contributed by atoms with van der Waals surface area (Å²) in [5.74, 6) is -1.34. The zero-order valence-electron chi connectivity index (χ0n) is 6.87. The van der Waals surface area contributed by atoms with Crippen LogP contribution in [0.1, 0.15) is 11.6 Å². The molecule has 4 N–H and O–H groups in total. The van der Waals surface area contributed by atoms with Gasteiger partial charge in [-0.05, 0) is 28.1 Å². The van der Waals surface area contributed by atoms with Gasteiger partial charge in [-0.15, -0.1) is 0 Å². The second-order valence-electron chi connectivity index (χ2n) is 2.64. The Balaban J connectivity index is 3.26. The number of benzene rings is 1. The van der Waals surface area contributed by atoms with Crippen molar-refractivity contribution in [2.24, 2.45) is 5.73 Å². The number of aliphatic carboxylic acids is 1. The third-order valence-electron chi connectivity index (χ3n) is 1.66. The van der Waals surface area contributed by atoms with Gasteiger partial charge in [0.15, 0.2) is 0 Å². The van der Waals surface area contributed by atoms with Crippen molar-refractivity contribution in [1.82, 2.24) is 0 Å². The lowest BCUT2D eigenvalue weighted by atomic mass is 10.1. The van der Waals surface area contributed by atoms with Crippen molar-refractivity contribution < 1.29 is 15.0 Å². The average Bonchev–Trinajstić information content (AvgIpc) is 2.09. The number of phenolic OH excluding ortho intramolecular Hbond substituents is 1. The lowest BCUT2D eigenvalue weighted by Crippen LogP contribution is -2.20. The topological polar surface area (TPSA) is 83.6 Å². The third kappa shape index (κ3) is 2.26. The summed E-state index contributed by atoms with van der Waals surface area (Å²) in [5.41, 5.74) is 5.54. The number of aromatic hydroxyl groups is 1. The first kappa shape index (κ1) is 11.5. The number of rotatable bonds is 2. The van der Waals surface area contributed by atoms with Gasteiger partial charge < -0.3 is 15.9 Å². The van der Waals surface area contributed by atoms with Crippen LogP contribution in [0, 0.1) is 0 Å². The number of hydrogen-bond donors (Lipinski definition) is 3. The minimum atomic E-state index is -1.23. The quantitative estimate of drug-likeness (QED) is 0.777. The van der Waals surface area contributed by atoms with E-state index < -0.39 is 12.0 Å². The molecule has 1 aromatic carbocycles. The molecule has 0 aliphatic rings. The van der Waals surface area contributed by atoms with E-state index >= 15 is 0 Å². The first-order valence-electron chi connectivity index (χ1n) is 3.59. The predicted molar refractivity (Wildman–Crippen MR) is 58.1 cm³/mol. The summed E-state index contributed by atoms with van der Waals surface area (Å²) in [7, 11) is 0. The van der Waals surface area contributed by atoms with Crippen molar-refractivity contribution in [3.05, 3.63) is 26.6 Å². The van der Waals surface area contributed by atoms with Crippen LogP contribution in [0.15, 0.2) is 21.1 Å². The van der Waals surface area contributed by atoms with Crippen LogP contribution in [-0.4, -0.2) is 16.2 Å². The Labute approximate surface area is 97.0 Å². The molecule has 0 radical (unpaired) electrons. The molecule has 0 aromatic heterocycles. The van der Waals surface area contributed by atoms with E-state index in [4.69, 9.17) is 10.8 Å². The number of hydrogen-bond acceptors (Lipinski definition) is 3. The standard InChI is InChI=1S/C8H7Br2NO3/c9-3-1-4(6(11)8(13)14)7(12)5(10)2-3/h1-2,6,12H,11H2,(H,13,14)/t6-/m1/s1. The van der Waals surface area contributed by atoms with Crippen molar-refractivity contribution in [3.8, 4) is 5.75 Å². The fourth-order valence-corrected chi connectivity index (χ4v) is 2.21. The fourth-order valence-electron chi connectivity index (χ4n) is 0.956. The minimum Gasteiger partial charge on any atom is -0.506 e. The van der Waals surface area contributed by atoms with Gasteiger partial charge in [0, 0.05) is 10.0 Å². The molecule has 0 spiro atoms. The van der Waals surface area contributed by atoms with Gasteiger partial charge in [0.25, 0.3) is 0 Å². The number of carbonyl (C=O) groups is 1. The summed E-state index contributed by atoms with van der Waals surface area (Å²) in [6.07, 6.45) is 0. The average molecular weight is 325 g/mol. The minimum absolute atomic E-state index is 0.150. The van der Waals surface area contributed by atoms with Crippen LogP contribution in [0.3, 0.4) is 0 Å². The highest BCUT2D eigenvalue weighted by Crippen LogP contribution is 2.34. The molecule has 6 heteroatoms. The van der Waals surface area contributed by atoms with Crippen LogP contribution >= 0.6 is 31.9 Å². The summed E-state index contributed by atoms with van der Waals surface area (Å²) >= 11 is 6.26. The Kier molecular flexibility index (Phi) is 3.52. The van der Waals surface area contributed by atoms with Gasteiger partial charge in [0.1, 0.15) is 11.8 Å². The molecule has 4 nitrogen and oxygen atoms in total. The zero-order chi connectivity index (χ0) is 10.9. The Bertz CT molecular complexity index is 381. The van der Waals surface area contributed by atoms with E-state index in [1.165, 1.54) is 6.07 Å². The second-order valence-corrected chi connectivity index (χ2v) is 4.41. The molecule has 0 aliphatic heterocycles. The molecule has 1 atom stereocenters. The molecule has 0 aliphatic carbocycles. The monoisotopic (exact) mass is 323 g/mol. The maximum atomic E-state index is 10.6. The van der Waals surface area contributed by atoms with Crippen LogP contribution in [0.2, 0.25) is 0 Å². The van der Waals surface area contributed by atoms with E-state index in [1.807, 2.05) is 0 Å². The third-order valence-corrected chi connectivity index (χ3v) is 2.72. The van der Waals surface area contributed by atoms with Crippen molar-refractivity contribution in [2.45, 2.75) is 6.04 Å². The molecule has 0 amide bonds. The van der Waals surface area contributed by atoms with Crippen LogP contribution < -0.4 is 5.73 Å². The summed E-state index contributed by atoms with van der Waals surface area (Å²) in [6, 6.07) is 1.84. The molecule has 1 rings (SSSR count). The number of nitrogens with two attached hydrogens (primary N) is 1. The van der Waals surface area contributed by atoms with Gasteiger partial charge in [-0.25, -0.2) is 0 Å². The van der Waals surface area contributed by atoms with E-state index in [-0.39, 0.29) is 11.3 Å². The van der Waals surface area contributed by atoms with E-state index in [0.29, 0.717) is 8.95 Å². The van der Waals surface area contributed by atoms with Gasteiger partial charge in [0.2, 0.25) is 0 Å². The lowest BCUT2D eigenvalue weighted by Gasteiger charge is -2.10. The molecular weight excluding hydrogens is 318 g/mol. The Hall–Kier alpha value is -0.590. The molecule has 0 bridgehead atoms. The first-order chi connectivity index (χ1) is 6.43. The van der Waals surface area contributed by atoms with Gasteiger partial charge in [-0.3, -0.25) is 4.79 Å². The van der Waals surface area contributed by atoms with Gasteiger partial charge in [-0.2, -0.15) is 0 Å². The molecular formula is C8H7Br2NO3. The molecule has 76 valence electrons. The van der Waals surface area contributed by atoms with E-state index in [9.17, 15) is 9.90 Å². The van der Waals surface area contributed by atoms with Crippen LogP contribution in [0.4, 0.5) is 0 Å². The van der Waals surface area contributed by atoms with Crippen LogP contribution in [0.5, 0.6) is 5.75 Å². The first-order valence-corrected chi connectivity index (χ1v) is 5.18. The van der Waals surface area contributed by atoms with Crippen molar-refractivity contribution >= 4 is 37.8 Å². The number of phenols is 1. The number of carboxylic acids is 1. The molecule has 14 heavy (non-hydrogen) atoms. The van der Waals surface area contributed by atoms with Crippen LogP contribution in [0.25, 0.3) is 0 Å². The number of carboxylic acid groups (broad SMARTS) is 1. The predicted octanol–water partition coefficient (Wildman–Crippen LogP) is 2.00. The van der Waals surface area contributed by atoms with Crippen molar-refractivity contribution in [2.75, 3.05) is 0 Å². The summed E-state index contributed by atoms with van der Waals surface area (Å²) < 4.78 is 1.05. The van der Waals surface area contributed by atoms with E-state index in [0.717, 1.165) is 0 Å². The van der Waals surface area contributed by atoms with Crippen LogP contribution in [-0.2, 0) is 4.79 Å². The molecule has 0 fully saturated rings. The Morgan fingerprint density at radius 2 is 2.00 bits per heavy atom. The largest absolute Gasteiger partial charge is 0.506 e. The Morgan fingerprint density at radius 1 is 1.43 bits per heavy atom. The molecule has 0 saturated carbocycles. The Morgan fingerprint density at radius 3 is 2.50 bits per heavy atom. The normalized spacial score (nSPS) is 12.5. The summed E-state index contributed by atoms with van der Waals surface area (Å²) in [5, 5.41) is 18.2. The highest BCUT2D eigenvalue weighted by molar-refractivity contribution is 9.11. The smallest absolute Gasteiger partial charge is 0.325 e. The molecule has 0 saturated heterocycles. The number of halogens is 2. The van der Waals surface area contributed by atoms with Gasteiger partial charge in [0.05, 0.1) is 4.47 Å². The second kappa shape index (κ2) is 4.29. The van der Waals surface area contributed by atoms with Gasteiger partial charge in [-0.1, -0.05) is 15.9 Å². The highest BCUT2D eigenvalue weighted by Gasteiger charge is 2.20. The van der Waals surface area contributed by atoms with Gasteiger partial charge >= 0.3 is 5.97 Å². The summed E-state index contributed by atoms with van der Waals surface area (Å²) in [6.45, 7) is 0. The molecule has 0 heterocycles. The SMILES string of the molecule is N[C@@H](C(=O)O)c1cc(Br)cc(Br)c1O. The van der Waals surface area contributed by atoms with Crippen molar-refractivity contribution in [3.63, 3.8) is 0 Å². The highest BCUT2D eigenvalue weighted by atomic mass is 79.9. The fraction of sp³-hybridized carbons (Fsp3) is 0.125. The zero-order valence-corrected chi connectivity index (χ0v) is 10.0. The van der Waals surface area contributed by atoms with E-state index in [2.05, 4.69) is 31.9 Å². The maximum absolute atomic E-state index is 10.6. The van der Waals surface area contributed by atoms with Crippen molar-refractivity contribution in [1.29, 1.82) is 0 Å². The summed E-state index contributed by atoms with van der Waals surface area (Å²) in [4.78, 5) is 10.6. The molecule has 0 unspecified atom stereocenters. The van der Waals surface area contributed by atoms with E-state index in [1.54, 1.807) is 6.07 Å². The lowest BCUT2D eigenvalue weighted by molar-refractivity contribution is -0.138. The molecule has 1 aromatic rings. The maximum Gasteiger partial charge on any atom is 0.325 e.